The van der Waals surface area contributed by atoms with Crippen molar-refractivity contribution in [1.82, 2.24) is 15.3 Å². The molecule has 0 unspecified atom stereocenters. The second-order valence-corrected chi connectivity index (χ2v) is 5.69. The van der Waals surface area contributed by atoms with E-state index >= 15 is 0 Å². The van der Waals surface area contributed by atoms with E-state index in [0.717, 1.165) is 29.3 Å². The van der Waals surface area contributed by atoms with Gasteiger partial charge in [-0.1, -0.05) is 0 Å². The van der Waals surface area contributed by atoms with Crippen LogP contribution in [0.15, 0.2) is 16.8 Å². The molecule has 3 nitrogen and oxygen atoms in total. The molecule has 0 aliphatic heterocycles. The Hall–Kier alpha value is -1.26. The lowest BCUT2D eigenvalue weighted by molar-refractivity contribution is 0.672. The molecular weight excluding hydrogens is 242 g/mol. The van der Waals surface area contributed by atoms with E-state index in [-0.39, 0.29) is 0 Å². The van der Waals surface area contributed by atoms with Gasteiger partial charge in [0, 0.05) is 29.2 Å². The molecule has 0 amide bonds. The van der Waals surface area contributed by atoms with E-state index in [1.807, 2.05) is 6.92 Å². The molecule has 18 heavy (non-hydrogen) atoms. The Morgan fingerprint density at radius 1 is 1.28 bits per heavy atom. The Morgan fingerprint density at radius 3 is 2.78 bits per heavy atom. The van der Waals surface area contributed by atoms with Gasteiger partial charge >= 0.3 is 0 Å². The SMILES string of the molecule is Cc1cc(CNC2CC2)nc(-c2cscc2C)n1. The van der Waals surface area contributed by atoms with Crippen LogP contribution in [-0.4, -0.2) is 16.0 Å². The third kappa shape index (κ3) is 2.60. The van der Waals surface area contributed by atoms with Crippen LogP contribution in [0.4, 0.5) is 0 Å². The Kier molecular flexibility index (Phi) is 3.14. The number of aryl methyl sites for hydroxylation is 2. The molecule has 0 atom stereocenters. The zero-order chi connectivity index (χ0) is 12.5. The van der Waals surface area contributed by atoms with Gasteiger partial charge < -0.3 is 5.32 Å². The molecule has 1 N–H and O–H groups in total. The van der Waals surface area contributed by atoms with Gasteiger partial charge in [0.05, 0.1) is 5.69 Å². The van der Waals surface area contributed by atoms with Crippen LogP contribution in [0.3, 0.4) is 0 Å². The highest BCUT2D eigenvalue weighted by atomic mass is 32.1. The topological polar surface area (TPSA) is 37.8 Å². The minimum atomic E-state index is 0.714. The molecule has 3 rings (SSSR count). The standard InChI is InChI=1S/C14H17N3S/c1-9-7-18-8-13(9)14-16-10(2)5-12(17-14)6-15-11-3-4-11/h5,7-8,11,15H,3-4,6H2,1-2H3. The number of nitrogens with zero attached hydrogens (tertiary/aromatic N) is 2. The van der Waals surface area contributed by atoms with Crippen LogP contribution >= 0.6 is 11.3 Å². The van der Waals surface area contributed by atoms with Gasteiger partial charge in [-0.15, -0.1) is 0 Å². The molecule has 0 radical (unpaired) electrons. The minimum Gasteiger partial charge on any atom is -0.308 e. The predicted octanol–water partition coefficient (Wildman–Crippen LogP) is 3.07. The summed E-state index contributed by atoms with van der Waals surface area (Å²) in [6.45, 7) is 5.00. The minimum absolute atomic E-state index is 0.714. The maximum atomic E-state index is 4.67. The highest BCUT2D eigenvalue weighted by molar-refractivity contribution is 7.08. The molecule has 1 aliphatic carbocycles. The van der Waals surface area contributed by atoms with Gasteiger partial charge in [0.1, 0.15) is 0 Å². The van der Waals surface area contributed by atoms with Crippen molar-refractivity contribution in [3.05, 3.63) is 33.8 Å². The molecule has 2 aromatic rings. The van der Waals surface area contributed by atoms with E-state index in [4.69, 9.17) is 0 Å². The van der Waals surface area contributed by atoms with Crippen molar-refractivity contribution in [3.63, 3.8) is 0 Å². The number of hydrogen-bond acceptors (Lipinski definition) is 4. The van der Waals surface area contributed by atoms with Crippen molar-refractivity contribution in [3.8, 4) is 11.4 Å². The summed E-state index contributed by atoms with van der Waals surface area (Å²) in [7, 11) is 0. The lowest BCUT2D eigenvalue weighted by Gasteiger charge is -2.06. The summed E-state index contributed by atoms with van der Waals surface area (Å²) < 4.78 is 0. The monoisotopic (exact) mass is 259 g/mol. The van der Waals surface area contributed by atoms with Crippen LogP contribution in [0.1, 0.15) is 29.8 Å². The largest absolute Gasteiger partial charge is 0.308 e. The Morgan fingerprint density at radius 2 is 2.11 bits per heavy atom. The first kappa shape index (κ1) is 11.8. The average Bonchev–Trinajstić information content (AvgIpc) is 3.07. The van der Waals surface area contributed by atoms with Crippen molar-refractivity contribution in [1.29, 1.82) is 0 Å². The lowest BCUT2D eigenvalue weighted by atomic mass is 10.2. The van der Waals surface area contributed by atoms with Crippen molar-refractivity contribution < 1.29 is 0 Å². The van der Waals surface area contributed by atoms with Crippen LogP contribution in [0.2, 0.25) is 0 Å². The van der Waals surface area contributed by atoms with Crippen molar-refractivity contribution in [2.75, 3.05) is 0 Å². The molecule has 0 spiro atoms. The molecule has 0 bridgehead atoms. The first-order valence-corrected chi connectivity index (χ1v) is 7.28. The predicted molar refractivity (Wildman–Crippen MR) is 74.7 cm³/mol. The van der Waals surface area contributed by atoms with Gasteiger partial charge in [-0.2, -0.15) is 11.3 Å². The Balaban J connectivity index is 1.87. The highest BCUT2D eigenvalue weighted by Gasteiger charge is 2.20. The molecule has 1 fully saturated rings. The van der Waals surface area contributed by atoms with Gasteiger partial charge in [0.25, 0.3) is 0 Å². The molecule has 1 aliphatic rings. The van der Waals surface area contributed by atoms with E-state index in [1.165, 1.54) is 18.4 Å². The molecule has 2 aromatic heterocycles. The summed E-state index contributed by atoms with van der Waals surface area (Å²) in [6, 6.07) is 2.78. The number of hydrogen-bond donors (Lipinski definition) is 1. The normalized spacial score (nSPS) is 15.0. The number of rotatable bonds is 4. The number of aromatic nitrogens is 2. The molecule has 94 valence electrons. The average molecular weight is 259 g/mol. The second-order valence-electron chi connectivity index (χ2n) is 4.95. The molecular formula is C14H17N3S. The third-order valence-electron chi connectivity index (χ3n) is 3.15. The van der Waals surface area contributed by atoms with E-state index in [0.29, 0.717) is 6.04 Å². The maximum absolute atomic E-state index is 4.67. The van der Waals surface area contributed by atoms with Crippen LogP contribution < -0.4 is 5.32 Å². The summed E-state index contributed by atoms with van der Waals surface area (Å²) in [5.41, 5.74) is 4.55. The van der Waals surface area contributed by atoms with E-state index in [1.54, 1.807) is 11.3 Å². The van der Waals surface area contributed by atoms with E-state index in [9.17, 15) is 0 Å². The Bertz CT molecular complexity index is 558. The Labute approximate surface area is 111 Å². The summed E-state index contributed by atoms with van der Waals surface area (Å²) >= 11 is 1.71. The molecule has 0 aromatic carbocycles. The van der Waals surface area contributed by atoms with Crippen LogP contribution in [0.25, 0.3) is 11.4 Å². The first-order chi connectivity index (χ1) is 8.72. The smallest absolute Gasteiger partial charge is 0.160 e. The summed E-state index contributed by atoms with van der Waals surface area (Å²) in [5.74, 6) is 0.862. The summed E-state index contributed by atoms with van der Waals surface area (Å²) in [5, 5.41) is 7.77. The fourth-order valence-electron chi connectivity index (χ4n) is 1.97. The zero-order valence-electron chi connectivity index (χ0n) is 10.7. The van der Waals surface area contributed by atoms with E-state index < -0.39 is 0 Å². The van der Waals surface area contributed by atoms with Crippen molar-refractivity contribution >= 4 is 11.3 Å². The number of nitrogens with one attached hydrogen (secondary N) is 1. The zero-order valence-corrected chi connectivity index (χ0v) is 11.5. The summed E-state index contributed by atoms with van der Waals surface area (Å²) in [6.07, 6.45) is 2.61. The second kappa shape index (κ2) is 4.78. The highest BCUT2D eigenvalue weighted by Crippen LogP contribution is 2.24. The quantitative estimate of drug-likeness (QED) is 0.917. The van der Waals surface area contributed by atoms with Gasteiger partial charge in [-0.05, 0) is 43.7 Å². The van der Waals surface area contributed by atoms with Crippen LogP contribution in [0, 0.1) is 13.8 Å². The lowest BCUT2D eigenvalue weighted by Crippen LogP contribution is -2.16. The van der Waals surface area contributed by atoms with Crippen molar-refractivity contribution in [2.24, 2.45) is 0 Å². The molecule has 0 saturated heterocycles. The molecule has 2 heterocycles. The molecule has 1 saturated carbocycles. The van der Waals surface area contributed by atoms with Gasteiger partial charge in [-0.25, -0.2) is 9.97 Å². The van der Waals surface area contributed by atoms with Gasteiger partial charge in [-0.3, -0.25) is 0 Å². The van der Waals surface area contributed by atoms with Crippen LogP contribution in [0.5, 0.6) is 0 Å². The van der Waals surface area contributed by atoms with Gasteiger partial charge in [0.2, 0.25) is 0 Å². The fraction of sp³-hybridized carbons (Fsp3) is 0.429. The number of thiophene rings is 1. The fourth-order valence-corrected chi connectivity index (χ4v) is 2.80. The maximum Gasteiger partial charge on any atom is 0.160 e. The summed E-state index contributed by atoms with van der Waals surface area (Å²) in [4.78, 5) is 9.22. The third-order valence-corrected chi connectivity index (χ3v) is 4.01. The molecule has 4 heteroatoms. The van der Waals surface area contributed by atoms with E-state index in [2.05, 4.69) is 39.0 Å². The van der Waals surface area contributed by atoms with Crippen LogP contribution in [-0.2, 0) is 6.54 Å². The first-order valence-electron chi connectivity index (χ1n) is 6.33. The van der Waals surface area contributed by atoms with Gasteiger partial charge in [0.15, 0.2) is 5.82 Å². The van der Waals surface area contributed by atoms with Crippen molar-refractivity contribution in [2.45, 2.75) is 39.3 Å².